The summed E-state index contributed by atoms with van der Waals surface area (Å²) in [5.74, 6) is 0.881. The Morgan fingerprint density at radius 1 is 1.50 bits per heavy atom. The molecule has 0 aliphatic rings. The lowest BCUT2D eigenvalue weighted by Crippen LogP contribution is -2.17. The lowest BCUT2D eigenvalue weighted by molar-refractivity contribution is -0.116. The number of hydrogen-bond donors (Lipinski definition) is 0. The lowest BCUT2D eigenvalue weighted by Gasteiger charge is -2.14. The van der Waals surface area contributed by atoms with E-state index in [0.29, 0.717) is 19.0 Å². The SMILES string of the molecule is C/C=C(/CC(C)=O)B(C)C(C)C. The molecule has 0 radical (unpaired) electrons. The van der Waals surface area contributed by atoms with Crippen molar-refractivity contribution in [2.75, 3.05) is 0 Å². The normalized spacial score (nSPS) is 12.0. The van der Waals surface area contributed by atoms with E-state index in [9.17, 15) is 4.79 Å². The monoisotopic (exact) mass is 166 g/mol. The summed E-state index contributed by atoms with van der Waals surface area (Å²) < 4.78 is 0. The number of rotatable bonds is 4. The summed E-state index contributed by atoms with van der Waals surface area (Å²) in [5, 5.41) is 0. The summed E-state index contributed by atoms with van der Waals surface area (Å²) in [4.78, 5) is 10.9. The number of carbonyl (C=O) groups excluding carboxylic acids is 1. The molecule has 0 spiro atoms. The molecule has 0 saturated carbocycles. The fourth-order valence-corrected chi connectivity index (χ4v) is 1.24. The van der Waals surface area contributed by atoms with Crippen LogP contribution in [0.25, 0.3) is 0 Å². The van der Waals surface area contributed by atoms with Gasteiger partial charge in [-0.25, -0.2) is 0 Å². The third kappa shape index (κ3) is 3.75. The summed E-state index contributed by atoms with van der Waals surface area (Å²) in [7, 11) is 0. The van der Waals surface area contributed by atoms with E-state index in [0.717, 1.165) is 0 Å². The minimum Gasteiger partial charge on any atom is -0.300 e. The van der Waals surface area contributed by atoms with Crippen LogP contribution in [0.5, 0.6) is 0 Å². The van der Waals surface area contributed by atoms with Crippen LogP contribution in [0.3, 0.4) is 0 Å². The van der Waals surface area contributed by atoms with E-state index in [-0.39, 0.29) is 5.78 Å². The van der Waals surface area contributed by atoms with E-state index in [2.05, 4.69) is 26.7 Å². The van der Waals surface area contributed by atoms with Crippen molar-refractivity contribution >= 4 is 12.5 Å². The summed E-state index contributed by atoms with van der Waals surface area (Å²) in [6.45, 7) is 10.7. The standard InChI is InChI=1S/C10H19BO/c1-6-10(7-9(4)12)11(5)8(2)3/h6,8H,7H2,1-5H3/b10-6-. The third-order valence-corrected chi connectivity index (χ3v) is 2.41. The van der Waals surface area contributed by atoms with Gasteiger partial charge in [0.1, 0.15) is 5.78 Å². The molecule has 0 fully saturated rings. The largest absolute Gasteiger partial charge is 0.300 e. The van der Waals surface area contributed by atoms with Crippen LogP contribution in [0, 0.1) is 0 Å². The Kier molecular flexibility index (Phi) is 4.95. The van der Waals surface area contributed by atoms with Gasteiger partial charge in [-0.2, -0.15) is 0 Å². The van der Waals surface area contributed by atoms with Crippen LogP contribution in [-0.4, -0.2) is 12.5 Å². The Morgan fingerprint density at radius 3 is 2.25 bits per heavy atom. The second kappa shape index (κ2) is 5.18. The Hall–Kier alpha value is -0.525. The van der Waals surface area contributed by atoms with E-state index in [1.54, 1.807) is 6.92 Å². The van der Waals surface area contributed by atoms with Crippen molar-refractivity contribution in [2.24, 2.45) is 0 Å². The van der Waals surface area contributed by atoms with Gasteiger partial charge in [0, 0.05) is 6.42 Å². The molecule has 1 nitrogen and oxygen atoms in total. The second-order valence-electron chi connectivity index (χ2n) is 3.78. The number of ketones is 1. The molecular formula is C10H19BO. The molecule has 0 rings (SSSR count). The highest BCUT2D eigenvalue weighted by Crippen LogP contribution is 2.18. The predicted octanol–water partition coefficient (Wildman–Crippen LogP) is 2.99. The van der Waals surface area contributed by atoms with Gasteiger partial charge in [-0.1, -0.05) is 38.0 Å². The molecule has 0 unspecified atom stereocenters. The topological polar surface area (TPSA) is 17.1 Å². The van der Waals surface area contributed by atoms with Crippen LogP contribution in [0.15, 0.2) is 11.5 Å². The van der Waals surface area contributed by atoms with Gasteiger partial charge in [0.05, 0.1) is 0 Å². The fraction of sp³-hybridized carbons (Fsp3) is 0.700. The van der Waals surface area contributed by atoms with E-state index in [4.69, 9.17) is 0 Å². The average molecular weight is 166 g/mol. The summed E-state index contributed by atoms with van der Waals surface area (Å²) in [5.41, 5.74) is 1.28. The molecule has 0 aromatic rings. The molecule has 0 atom stereocenters. The van der Waals surface area contributed by atoms with Gasteiger partial charge in [-0.15, -0.1) is 0 Å². The zero-order chi connectivity index (χ0) is 9.72. The van der Waals surface area contributed by atoms with Gasteiger partial charge in [0.2, 0.25) is 0 Å². The first-order valence-electron chi connectivity index (χ1n) is 4.63. The van der Waals surface area contributed by atoms with Crippen molar-refractivity contribution in [2.45, 2.75) is 46.8 Å². The van der Waals surface area contributed by atoms with Crippen LogP contribution in [0.1, 0.15) is 34.1 Å². The quantitative estimate of drug-likeness (QED) is 0.586. The molecule has 0 bridgehead atoms. The van der Waals surface area contributed by atoms with Gasteiger partial charge in [-0.3, -0.25) is 4.79 Å². The first-order valence-corrected chi connectivity index (χ1v) is 4.63. The zero-order valence-electron chi connectivity index (χ0n) is 8.85. The summed E-state index contributed by atoms with van der Waals surface area (Å²) in [6.07, 6.45) is 2.70. The lowest BCUT2D eigenvalue weighted by atomic mass is 9.38. The van der Waals surface area contributed by atoms with Gasteiger partial charge < -0.3 is 0 Å². The molecule has 0 aromatic carbocycles. The summed E-state index contributed by atoms with van der Waals surface area (Å²) in [6, 6.07) is 0. The highest BCUT2D eigenvalue weighted by atomic mass is 16.1. The number of allylic oxidation sites excluding steroid dienone is 2. The van der Waals surface area contributed by atoms with Gasteiger partial charge in [-0.05, 0) is 13.8 Å². The molecule has 0 heterocycles. The second-order valence-corrected chi connectivity index (χ2v) is 3.78. The Morgan fingerprint density at radius 2 is 2.00 bits per heavy atom. The minimum absolute atomic E-state index is 0.260. The highest BCUT2D eigenvalue weighted by Gasteiger charge is 2.16. The van der Waals surface area contributed by atoms with Crippen molar-refractivity contribution < 1.29 is 4.79 Å². The van der Waals surface area contributed by atoms with E-state index in [1.807, 2.05) is 6.92 Å². The molecule has 0 N–H and O–H groups in total. The van der Waals surface area contributed by atoms with Crippen molar-refractivity contribution in [1.29, 1.82) is 0 Å². The molecule has 0 aliphatic carbocycles. The van der Waals surface area contributed by atoms with Crippen molar-refractivity contribution in [3.63, 3.8) is 0 Å². The number of Topliss-reactive ketones (excluding diaryl/α,β-unsaturated/α-hetero) is 1. The Balaban J connectivity index is 4.27. The van der Waals surface area contributed by atoms with Crippen LogP contribution in [-0.2, 0) is 4.79 Å². The molecule has 0 aliphatic heterocycles. The zero-order valence-corrected chi connectivity index (χ0v) is 8.85. The van der Waals surface area contributed by atoms with Crippen molar-refractivity contribution in [3.8, 4) is 0 Å². The molecule has 0 aromatic heterocycles. The van der Waals surface area contributed by atoms with Crippen LogP contribution in [0.4, 0.5) is 0 Å². The van der Waals surface area contributed by atoms with Gasteiger partial charge in [0.15, 0.2) is 6.71 Å². The smallest absolute Gasteiger partial charge is 0.170 e. The fourth-order valence-electron chi connectivity index (χ4n) is 1.24. The molecule has 0 saturated heterocycles. The van der Waals surface area contributed by atoms with Crippen molar-refractivity contribution in [1.82, 2.24) is 0 Å². The number of carbonyl (C=O) groups is 1. The third-order valence-electron chi connectivity index (χ3n) is 2.41. The summed E-state index contributed by atoms with van der Waals surface area (Å²) >= 11 is 0. The van der Waals surface area contributed by atoms with E-state index >= 15 is 0 Å². The molecule has 12 heavy (non-hydrogen) atoms. The van der Waals surface area contributed by atoms with Gasteiger partial charge >= 0.3 is 0 Å². The minimum atomic E-state index is 0.260. The average Bonchev–Trinajstić information content (AvgIpc) is 1.98. The van der Waals surface area contributed by atoms with E-state index < -0.39 is 0 Å². The first-order chi connectivity index (χ1) is 5.49. The van der Waals surface area contributed by atoms with Crippen LogP contribution < -0.4 is 0 Å². The predicted molar refractivity (Wildman–Crippen MR) is 55.8 cm³/mol. The first kappa shape index (κ1) is 11.5. The maximum absolute atomic E-state index is 10.9. The maximum Gasteiger partial charge on any atom is 0.170 e. The molecule has 0 amide bonds. The van der Waals surface area contributed by atoms with Crippen molar-refractivity contribution in [3.05, 3.63) is 11.5 Å². The molecular weight excluding hydrogens is 147 g/mol. The van der Waals surface area contributed by atoms with Crippen LogP contribution >= 0.6 is 0 Å². The number of hydrogen-bond acceptors (Lipinski definition) is 1. The molecule has 68 valence electrons. The Labute approximate surface area is 76.3 Å². The van der Waals surface area contributed by atoms with Gasteiger partial charge in [0.25, 0.3) is 0 Å². The van der Waals surface area contributed by atoms with E-state index in [1.165, 1.54) is 5.47 Å². The molecule has 2 heteroatoms. The maximum atomic E-state index is 10.9. The highest BCUT2D eigenvalue weighted by molar-refractivity contribution is 6.67. The Bertz CT molecular complexity index is 182. The van der Waals surface area contributed by atoms with Crippen LogP contribution in [0.2, 0.25) is 12.6 Å².